The molecule has 0 radical (unpaired) electrons. The normalized spacial score (nSPS) is 11.2. The lowest BCUT2D eigenvalue weighted by Gasteiger charge is -2.23. The van der Waals surface area contributed by atoms with Gasteiger partial charge in [-0.1, -0.05) is 78.8 Å². The lowest BCUT2D eigenvalue weighted by Crippen LogP contribution is -2.35. The van der Waals surface area contributed by atoms with E-state index in [0.29, 0.717) is 17.1 Å². The quantitative estimate of drug-likeness (QED) is 0.208. The molecule has 0 saturated carbocycles. The molecule has 0 saturated heterocycles. The minimum absolute atomic E-state index is 0.104. The number of amides is 1. The molecule has 0 spiro atoms. The van der Waals surface area contributed by atoms with Crippen LogP contribution >= 0.6 is 11.6 Å². The predicted molar refractivity (Wildman–Crippen MR) is 177 cm³/mol. The Morgan fingerprint density at radius 2 is 1.48 bits per heavy atom. The Morgan fingerprint density at radius 3 is 2.10 bits per heavy atom. The molecule has 0 aliphatic heterocycles. The van der Waals surface area contributed by atoms with E-state index in [1.807, 2.05) is 106 Å². The maximum Gasteiger partial charge on any atom is 0.251 e. The zero-order valence-corrected chi connectivity index (χ0v) is 26.0. The molecular formula is C36H40ClN3O2. The summed E-state index contributed by atoms with van der Waals surface area (Å²) in [6.07, 6.45) is 0. The first kappa shape index (κ1) is 32.3. The third kappa shape index (κ3) is 9.16. The zero-order valence-electron chi connectivity index (χ0n) is 25.3. The van der Waals surface area contributed by atoms with Gasteiger partial charge in [-0.25, -0.2) is 0 Å². The fourth-order valence-corrected chi connectivity index (χ4v) is 4.75. The summed E-state index contributed by atoms with van der Waals surface area (Å²) in [6.45, 7) is 12.2. The highest BCUT2D eigenvalue weighted by atomic mass is 35.5. The highest BCUT2D eigenvalue weighted by Gasteiger charge is 2.18. The second-order valence-corrected chi connectivity index (χ2v) is 11.2. The van der Waals surface area contributed by atoms with Crippen molar-refractivity contribution in [2.45, 2.75) is 33.7 Å². The van der Waals surface area contributed by atoms with Crippen molar-refractivity contribution in [3.05, 3.63) is 130 Å². The number of carbonyl (C=O) groups excluding carboxylic acids is 2. The van der Waals surface area contributed by atoms with Crippen LogP contribution < -0.4 is 10.6 Å². The van der Waals surface area contributed by atoms with E-state index in [-0.39, 0.29) is 17.7 Å². The maximum absolute atomic E-state index is 13.3. The molecule has 4 aromatic rings. The predicted octanol–water partition coefficient (Wildman–Crippen LogP) is 8.33. The topological polar surface area (TPSA) is 61.4 Å². The van der Waals surface area contributed by atoms with Crippen LogP contribution in [0.1, 0.15) is 52.5 Å². The van der Waals surface area contributed by atoms with Gasteiger partial charge in [0.15, 0.2) is 0 Å². The Labute approximate surface area is 255 Å². The number of benzene rings is 4. The van der Waals surface area contributed by atoms with Gasteiger partial charge in [0.05, 0.1) is 6.04 Å². The van der Waals surface area contributed by atoms with E-state index >= 15 is 0 Å². The van der Waals surface area contributed by atoms with Crippen molar-refractivity contribution in [2.75, 3.05) is 26.0 Å². The number of nitrogens with one attached hydrogen (secondary N) is 2. The van der Waals surface area contributed by atoms with Gasteiger partial charge in [-0.05, 0) is 99.9 Å². The molecule has 4 aromatic carbocycles. The number of rotatable bonds is 9. The van der Waals surface area contributed by atoms with E-state index in [1.54, 1.807) is 0 Å². The maximum atomic E-state index is 13.3. The number of nitrogens with zero attached hydrogens (tertiary/aromatic N) is 1. The standard InChI is InChI=1S/C33H34ClN3O.C3H6O/c1-22-11-9-10-14-31(22)35-24(3)29-18-16-27(34)20-30(29)28-17-15-26(19-23(28)2)33(38)36-32(21-37(4)5)25-12-7-6-8-13-25;1-3(2)4/h6-20,32,35H,3,21H2,1-2,4-5H3,(H,36,38);1-2H3/t32-;/m1./s1. The van der Waals surface area contributed by atoms with Crippen LogP contribution in [0.15, 0.2) is 97.6 Å². The fraction of sp³-hybridized carbons (Fsp3) is 0.222. The number of ketones is 1. The van der Waals surface area contributed by atoms with Gasteiger partial charge in [0.1, 0.15) is 5.78 Å². The summed E-state index contributed by atoms with van der Waals surface area (Å²) in [5.74, 6) is 0.0623. The minimum Gasteiger partial charge on any atom is -0.355 e. The third-order valence-corrected chi connectivity index (χ3v) is 6.81. The van der Waals surface area contributed by atoms with Crippen molar-refractivity contribution in [3.63, 3.8) is 0 Å². The second-order valence-electron chi connectivity index (χ2n) is 10.7. The van der Waals surface area contributed by atoms with Crippen LogP contribution in [-0.4, -0.2) is 37.2 Å². The third-order valence-electron chi connectivity index (χ3n) is 6.57. The molecule has 6 heteroatoms. The number of para-hydroxylation sites is 1. The highest BCUT2D eigenvalue weighted by molar-refractivity contribution is 6.31. The molecule has 0 unspecified atom stereocenters. The number of hydrogen-bond acceptors (Lipinski definition) is 4. The average Bonchev–Trinajstić information content (AvgIpc) is 2.93. The largest absolute Gasteiger partial charge is 0.355 e. The van der Waals surface area contributed by atoms with Gasteiger partial charge in [0.25, 0.3) is 5.91 Å². The van der Waals surface area contributed by atoms with E-state index < -0.39 is 0 Å². The fourth-order valence-electron chi connectivity index (χ4n) is 4.58. The first-order chi connectivity index (χ1) is 20.0. The Balaban J connectivity index is 0.00000114. The summed E-state index contributed by atoms with van der Waals surface area (Å²) in [5.41, 5.74) is 8.51. The molecule has 0 aliphatic rings. The van der Waals surface area contributed by atoms with Crippen molar-refractivity contribution in [1.82, 2.24) is 10.2 Å². The van der Waals surface area contributed by atoms with Gasteiger partial charge in [0.2, 0.25) is 0 Å². The number of hydrogen-bond donors (Lipinski definition) is 2. The van der Waals surface area contributed by atoms with Crippen molar-refractivity contribution < 1.29 is 9.59 Å². The van der Waals surface area contributed by atoms with Crippen LogP contribution in [0.4, 0.5) is 5.69 Å². The summed E-state index contributed by atoms with van der Waals surface area (Å²) >= 11 is 6.43. The molecule has 1 amide bonds. The monoisotopic (exact) mass is 581 g/mol. The first-order valence-corrected chi connectivity index (χ1v) is 14.2. The smallest absolute Gasteiger partial charge is 0.251 e. The molecular weight excluding hydrogens is 542 g/mol. The molecule has 0 heterocycles. The molecule has 0 aliphatic carbocycles. The SMILES string of the molecule is C=C(Nc1ccccc1C)c1ccc(Cl)cc1-c1ccc(C(=O)N[C@H](CN(C)C)c2ccccc2)cc1C.CC(C)=O. The number of Topliss-reactive ketones (excluding diaryl/α,β-unsaturated/α-hetero) is 1. The Kier molecular flexibility index (Phi) is 11.7. The molecule has 0 fully saturated rings. The molecule has 5 nitrogen and oxygen atoms in total. The number of anilines is 1. The minimum atomic E-state index is -0.117. The number of likely N-dealkylation sites (N-methyl/N-ethyl adjacent to an activating group) is 1. The number of carbonyl (C=O) groups is 2. The van der Waals surface area contributed by atoms with Gasteiger partial charge in [-0.15, -0.1) is 0 Å². The molecule has 0 bridgehead atoms. The summed E-state index contributed by atoms with van der Waals surface area (Å²) < 4.78 is 0. The number of halogens is 1. The lowest BCUT2D eigenvalue weighted by molar-refractivity contribution is -0.115. The first-order valence-electron chi connectivity index (χ1n) is 13.9. The average molecular weight is 582 g/mol. The van der Waals surface area contributed by atoms with Crippen molar-refractivity contribution in [3.8, 4) is 11.1 Å². The molecule has 1 atom stereocenters. The van der Waals surface area contributed by atoms with E-state index in [2.05, 4.69) is 35.1 Å². The Hall–Kier alpha value is -4.19. The summed E-state index contributed by atoms with van der Waals surface area (Å²) in [7, 11) is 4.01. The van der Waals surface area contributed by atoms with Crippen LogP contribution in [-0.2, 0) is 4.79 Å². The molecule has 2 N–H and O–H groups in total. The van der Waals surface area contributed by atoms with Crippen molar-refractivity contribution >= 4 is 34.7 Å². The van der Waals surface area contributed by atoms with Crippen LogP contribution in [0, 0.1) is 13.8 Å². The molecule has 42 heavy (non-hydrogen) atoms. The Morgan fingerprint density at radius 1 is 0.833 bits per heavy atom. The van der Waals surface area contributed by atoms with E-state index in [9.17, 15) is 9.59 Å². The molecule has 4 rings (SSSR count). The second kappa shape index (κ2) is 15.2. The highest BCUT2D eigenvalue weighted by Crippen LogP contribution is 2.34. The van der Waals surface area contributed by atoms with E-state index in [4.69, 9.17) is 11.6 Å². The summed E-state index contributed by atoms with van der Waals surface area (Å²) in [4.78, 5) is 24.8. The van der Waals surface area contributed by atoms with Gasteiger partial charge >= 0.3 is 0 Å². The van der Waals surface area contributed by atoms with Gasteiger partial charge in [0, 0.05) is 34.1 Å². The van der Waals surface area contributed by atoms with E-state index in [1.165, 1.54) is 13.8 Å². The molecule has 218 valence electrons. The van der Waals surface area contributed by atoms with E-state index in [0.717, 1.165) is 44.8 Å². The van der Waals surface area contributed by atoms with Crippen LogP contribution in [0.2, 0.25) is 5.02 Å². The van der Waals surface area contributed by atoms with Gasteiger partial charge in [-0.2, -0.15) is 0 Å². The summed E-state index contributed by atoms with van der Waals surface area (Å²) in [5, 5.41) is 7.31. The van der Waals surface area contributed by atoms with Crippen LogP contribution in [0.5, 0.6) is 0 Å². The van der Waals surface area contributed by atoms with Crippen LogP contribution in [0.25, 0.3) is 16.8 Å². The van der Waals surface area contributed by atoms with Gasteiger partial charge in [-0.3, -0.25) is 4.79 Å². The lowest BCUT2D eigenvalue weighted by atomic mass is 9.93. The van der Waals surface area contributed by atoms with Crippen molar-refractivity contribution in [1.29, 1.82) is 0 Å². The zero-order chi connectivity index (χ0) is 30.8. The Bertz CT molecular complexity index is 1540. The number of aryl methyl sites for hydroxylation is 2. The van der Waals surface area contributed by atoms with Crippen LogP contribution in [0.3, 0.4) is 0 Å². The van der Waals surface area contributed by atoms with Crippen molar-refractivity contribution in [2.24, 2.45) is 0 Å². The molecule has 0 aromatic heterocycles. The van der Waals surface area contributed by atoms with Gasteiger partial charge < -0.3 is 20.3 Å². The summed E-state index contributed by atoms with van der Waals surface area (Å²) in [6, 6.07) is 29.7.